The van der Waals surface area contributed by atoms with E-state index in [9.17, 15) is 9.59 Å². The van der Waals surface area contributed by atoms with E-state index in [2.05, 4.69) is 15.3 Å². The van der Waals surface area contributed by atoms with E-state index in [1.54, 1.807) is 13.3 Å². The second-order valence-electron chi connectivity index (χ2n) is 7.28. The number of carbonyl (C=O) groups excluding carboxylic acids is 1. The summed E-state index contributed by atoms with van der Waals surface area (Å²) < 4.78 is 8.68. The van der Waals surface area contributed by atoms with Gasteiger partial charge in [0.2, 0.25) is 5.91 Å². The van der Waals surface area contributed by atoms with Crippen LogP contribution in [0, 0.1) is 13.8 Å². The summed E-state index contributed by atoms with van der Waals surface area (Å²) in [6.07, 6.45) is 4.92. The first-order valence-electron chi connectivity index (χ1n) is 9.75. The Hall–Kier alpha value is -3.46. The minimum Gasteiger partial charge on any atom is -0.496 e. The minimum atomic E-state index is -0.541. The zero-order valence-electron chi connectivity index (χ0n) is 17.7. The molecule has 0 saturated carbocycles. The fourth-order valence-electron chi connectivity index (χ4n) is 3.59. The number of carbonyl (C=O) groups is 1. The third-order valence-corrected chi connectivity index (χ3v) is 6.46. The van der Waals surface area contributed by atoms with Gasteiger partial charge in [-0.25, -0.2) is 9.97 Å². The first-order valence-corrected chi connectivity index (χ1v) is 10.6. The average Bonchev–Trinajstić information content (AvgIpc) is 3.31. The van der Waals surface area contributed by atoms with Gasteiger partial charge in [0, 0.05) is 29.9 Å². The van der Waals surface area contributed by atoms with Crippen molar-refractivity contribution in [2.24, 2.45) is 7.05 Å². The quantitative estimate of drug-likeness (QED) is 0.501. The van der Waals surface area contributed by atoms with Crippen molar-refractivity contribution in [3.05, 3.63) is 75.2 Å². The van der Waals surface area contributed by atoms with Crippen molar-refractivity contribution >= 4 is 27.5 Å². The number of hydrogen-bond acceptors (Lipinski definition) is 6. The molecular weight excluding hydrogens is 414 g/mol. The van der Waals surface area contributed by atoms with E-state index in [1.165, 1.54) is 22.2 Å². The molecule has 31 heavy (non-hydrogen) atoms. The Kier molecular flexibility index (Phi) is 5.60. The number of aryl methyl sites for hydroxylation is 3. The van der Waals surface area contributed by atoms with Gasteiger partial charge < -0.3 is 14.6 Å². The fourth-order valence-corrected chi connectivity index (χ4v) is 4.57. The SMILES string of the molecule is COc1ccccc1C(NC(=O)Cn1cnc2sc(C)c(C)c2c1=O)c1nccn1C. The molecule has 0 aliphatic carbocycles. The molecule has 0 aliphatic rings. The van der Waals surface area contributed by atoms with Crippen LogP contribution in [0.15, 0.2) is 47.8 Å². The molecule has 0 bridgehead atoms. The van der Waals surface area contributed by atoms with Crippen LogP contribution in [0.25, 0.3) is 10.2 Å². The summed E-state index contributed by atoms with van der Waals surface area (Å²) in [6, 6.07) is 6.92. The van der Waals surface area contributed by atoms with Gasteiger partial charge in [0.25, 0.3) is 5.56 Å². The highest BCUT2D eigenvalue weighted by Gasteiger charge is 2.24. The zero-order valence-corrected chi connectivity index (χ0v) is 18.6. The highest BCUT2D eigenvalue weighted by molar-refractivity contribution is 7.18. The van der Waals surface area contributed by atoms with Gasteiger partial charge in [-0.05, 0) is 25.5 Å². The van der Waals surface area contributed by atoms with Gasteiger partial charge in [0.15, 0.2) is 0 Å². The second-order valence-corrected chi connectivity index (χ2v) is 8.48. The lowest BCUT2D eigenvalue weighted by atomic mass is 10.0. The Morgan fingerprint density at radius 2 is 2.03 bits per heavy atom. The summed E-state index contributed by atoms with van der Waals surface area (Å²) in [6.45, 7) is 3.72. The minimum absolute atomic E-state index is 0.147. The lowest BCUT2D eigenvalue weighted by molar-refractivity contribution is -0.122. The van der Waals surface area contributed by atoms with Crippen LogP contribution in [0.3, 0.4) is 0 Å². The molecule has 1 amide bonds. The van der Waals surface area contributed by atoms with Crippen LogP contribution in [-0.2, 0) is 18.4 Å². The summed E-state index contributed by atoms with van der Waals surface area (Å²) in [7, 11) is 3.45. The number of amides is 1. The summed E-state index contributed by atoms with van der Waals surface area (Å²) in [5, 5.41) is 3.58. The van der Waals surface area contributed by atoms with Crippen LogP contribution in [0.5, 0.6) is 5.75 Å². The molecule has 9 heteroatoms. The van der Waals surface area contributed by atoms with Gasteiger partial charge in [-0.1, -0.05) is 18.2 Å². The van der Waals surface area contributed by atoms with E-state index in [0.717, 1.165) is 16.0 Å². The Morgan fingerprint density at radius 1 is 1.26 bits per heavy atom. The van der Waals surface area contributed by atoms with Crippen molar-refractivity contribution < 1.29 is 9.53 Å². The number of benzene rings is 1. The molecule has 1 unspecified atom stereocenters. The molecule has 0 radical (unpaired) electrons. The highest BCUT2D eigenvalue weighted by atomic mass is 32.1. The molecule has 3 aromatic heterocycles. The number of nitrogens with zero attached hydrogens (tertiary/aromatic N) is 4. The Morgan fingerprint density at radius 3 is 2.74 bits per heavy atom. The maximum Gasteiger partial charge on any atom is 0.262 e. The molecule has 1 atom stereocenters. The van der Waals surface area contributed by atoms with Crippen LogP contribution in [-0.4, -0.2) is 32.1 Å². The van der Waals surface area contributed by atoms with Crippen molar-refractivity contribution in [1.29, 1.82) is 0 Å². The molecule has 0 aliphatic heterocycles. The van der Waals surface area contributed by atoms with Gasteiger partial charge in [0.05, 0.1) is 18.8 Å². The number of para-hydroxylation sites is 1. The summed E-state index contributed by atoms with van der Waals surface area (Å²) >= 11 is 1.48. The smallest absolute Gasteiger partial charge is 0.262 e. The van der Waals surface area contributed by atoms with Crippen molar-refractivity contribution in [2.75, 3.05) is 7.11 Å². The maximum atomic E-state index is 13.0. The van der Waals surface area contributed by atoms with Gasteiger partial charge in [-0.3, -0.25) is 14.2 Å². The number of imidazole rings is 1. The normalized spacial score (nSPS) is 12.1. The van der Waals surface area contributed by atoms with Crippen LogP contribution in [0.1, 0.15) is 27.9 Å². The first kappa shape index (κ1) is 20.8. The third-order valence-electron chi connectivity index (χ3n) is 5.34. The fraction of sp³-hybridized carbons (Fsp3) is 0.273. The van der Waals surface area contributed by atoms with Gasteiger partial charge in [0.1, 0.15) is 29.0 Å². The monoisotopic (exact) mass is 437 g/mol. The highest BCUT2D eigenvalue weighted by Crippen LogP contribution is 2.29. The van der Waals surface area contributed by atoms with Crippen LogP contribution < -0.4 is 15.6 Å². The van der Waals surface area contributed by atoms with Crippen molar-refractivity contribution in [2.45, 2.75) is 26.4 Å². The number of hydrogen-bond donors (Lipinski definition) is 1. The van der Waals surface area contributed by atoms with E-state index in [1.807, 2.05) is 55.9 Å². The molecule has 1 aromatic carbocycles. The van der Waals surface area contributed by atoms with Crippen LogP contribution in [0.2, 0.25) is 0 Å². The Balaban J connectivity index is 1.67. The standard InChI is InChI=1S/C22H23N5O3S/c1-13-14(2)31-21-18(13)22(29)27(12-24-21)11-17(28)25-19(20-23-9-10-26(20)3)15-7-5-6-8-16(15)30-4/h5-10,12,19H,11H2,1-4H3,(H,25,28). The number of rotatable bonds is 6. The first-order chi connectivity index (χ1) is 14.9. The Labute approximate surface area is 183 Å². The molecule has 0 saturated heterocycles. The van der Waals surface area contributed by atoms with Gasteiger partial charge in [-0.15, -0.1) is 11.3 Å². The maximum absolute atomic E-state index is 13.0. The summed E-state index contributed by atoms with van der Waals surface area (Å²) in [4.78, 5) is 36.5. The summed E-state index contributed by atoms with van der Waals surface area (Å²) in [5.74, 6) is 0.968. The van der Waals surface area contributed by atoms with Crippen molar-refractivity contribution in [3.8, 4) is 5.75 Å². The molecule has 4 aromatic rings. The number of aromatic nitrogens is 4. The van der Waals surface area contributed by atoms with E-state index in [4.69, 9.17) is 4.74 Å². The molecule has 0 fully saturated rings. The number of ether oxygens (including phenoxy) is 1. The van der Waals surface area contributed by atoms with Crippen LogP contribution >= 0.6 is 11.3 Å². The molecule has 3 heterocycles. The molecule has 0 spiro atoms. The topological polar surface area (TPSA) is 91.0 Å². The van der Waals surface area contributed by atoms with E-state index >= 15 is 0 Å². The number of thiophene rings is 1. The number of fused-ring (bicyclic) bond motifs is 1. The largest absolute Gasteiger partial charge is 0.496 e. The lowest BCUT2D eigenvalue weighted by Gasteiger charge is -2.21. The van der Waals surface area contributed by atoms with Gasteiger partial charge >= 0.3 is 0 Å². The second kappa shape index (κ2) is 8.35. The van der Waals surface area contributed by atoms with Gasteiger partial charge in [-0.2, -0.15) is 0 Å². The van der Waals surface area contributed by atoms with Crippen LogP contribution in [0.4, 0.5) is 0 Å². The van der Waals surface area contributed by atoms with Crippen molar-refractivity contribution in [1.82, 2.24) is 24.4 Å². The van der Waals surface area contributed by atoms with E-state index in [-0.39, 0.29) is 18.0 Å². The van der Waals surface area contributed by atoms with E-state index in [0.29, 0.717) is 21.8 Å². The molecule has 1 N–H and O–H groups in total. The third kappa shape index (κ3) is 3.84. The predicted molar refractivity (Wildman–Crippen MR) is 120 cm³/mol. The Bertz CT molecular complexity index is 1320. The van der Waals surface area contributed by atoms with Crippen molar-refractivity contribution in [3.63, 3.8) is 0 Å². The zero-order chi connectivity index (χ0) is 22.1. The average molecular weight is 438 g/mol. The molecule has 4 rings (SSSR count). The lowest BCUT2D eigenvalue weighted by Crippen LogP contribution is -2.36. The predicted octanol–water partition coefficient (Wildman–Crippen LogP) is 2.72. The number of nitrogens with one attached hydrogen (secondary N) is 1. The molecule has 8 nitrogen and oxygen atoms in total. The molecular formula is C22H23N5O3S. The number of methoxy groups -OCH3 is 1. The molecule has 160 valence electrons. The van der Waals surface area contributed by atoms with E-state index < -0.39 is 6.04 Å². The summed E-state index contributed by atoms with van der Waals surface area (Å²) in [5.41, 5.74) is 1.47.